The van der Waals surface area contributed by atoms with E-state index in [9.17, 15) is 9.59 Å². The van der Waals surface area contributed by atoms with E-state index in [0.717, 1.165) is 0 Å². The highest BCUT2D eigenvalue weighted by Gasteiger charge is 2.29. The van der Waals surface area contributed by atoms with E-state index in [-0.39, 0.29) is 12.5 Å². The molecule has 1 amide bonds. The van der Waals surface area contributed by atoms with E-state index in [4.69, 9.17) is 0 Å². The van der Waals surface area contributed by atoms with Gasteiger partial charge in [0.05, 0.1) is 11.4 Å². The van der Waals surface area contributed by atoms with Crippen LogP contribution in [0.5, 0.6) is 0 Å². The van der Waals surface area contributed by atoms with Gasteiger partial charge in [-0.15, -0.1) is 0 Å². The van der Waals surface area contributed by atoms with Crippen molar-refractivity contribution in [3.63, 3.8) is 0 Å². The van der Waals surface area contributed by atoms with Gasteiger partial charge in [-0.1, -0.05) is 15.9 Å². The number of ether oxygens (including phenoxy) is 1. The zero-order chi connectivity index (χ0) is 11.4. The van der Waals surface area contributed by atoms with E-state index >= 15 is 0 Å². The normalized spacial score (nSPS) is 10.9. The van der Waals surface area contributed by atoms with Crippen molar-refractivity contribution in [3.05, 3.63) is 0 Å². The third kappa shape index (κ3) is 4.09. The second-order valence-electron chi connectivity index (χ2n) is 3.37. The van der Waals surface area contributed by atoms with Gasteiger partial charge in [-0.2, -0.15) is 0 Å². The van der Waals surface area contributed by atoms with Crippen molar-refractivity contribution in [1.82, 2.24) is 4.90 Å². The number of hydrogen-bond donors (Lipinski definition) is 0. The first-order chi connectivity index (χ1) is 6.32. The summed E-state index contributed by atoms with van der Waals surface area (Å²) in [5.41, 5.74) is 0. The minimum absolute atomic E-state index is 0.000856. The largest absolute Gasteiger partial charge is 0.468 e. The molecule has 0 aliphatic rings. The van der Waals surface area contributed by atoms with Crippen molar-refractivity contribution in [2.45, 2.75) is 25.1 Å². The summed E-state index contributed by atoms with van der Waals surface area (Å²) < 4.78 is 3.86. The van der Waals surface area contributed by atoms with E-state index in [1.165, 1.54) is 12.0 Å². The van der Waals surface area contributed by atoms with Gasteiger partial charge in [-0.3, -0.25) is 9.59 Å². The monoisotopic (exact) mass is 265 g/mol. The number of alkyl halides is 1. The van der Waals surface area contributed by atoms with E-state index in [1.807, 2.05) is 6.92 Å². The Hall–Kier alpha value is -0.580. The predicted molar refractivity (Wildman–Crippen MR) is 57.3 cm³/mol. The molecule has 0 aliphatic heterocycles. The van der Waals surface area contributed by atoms with Crippen molar-refractivity contribution in [2.75, 3.05) is 20.2 Å². The molecule has 0 aliphatic carbocycles. The highest BCUT2D eigenvalue weighted by Crippen LogP contribution is 2.18. The van der Waals surface area contributed by atoms with E-state index < -0.39 is 10.3 Å². The minimum Gasteiger partial charge on any atom is -0.468 e. The van der Waals surface area contributed by atoms with Crippen molar-refractivity contribution in [2.24, 2.45) is 0 Å². The quantitative estimate of drug-likeness (QED) is 0.567. The molecule has 0 heterocycles. The summed E-state index contributed by atoms with van der Waals surface area (Å²) in [6, 6.07) is 0. The number of carbonyl (C=O) groups excluding carboxylic acids is 2. The SMILES string of the molecule is CCN(CC(=O)OC)C(=O)C(C)(C)Br. The second kappa shape index (κ2) is 5.34. The summed E-state index contributed by atoms with van der Waals surface area (Å²) in [6.45, 7) is 5.80. The summed E-state index contributed by atoms with van der Waals surface area (Å²) >= 11 is 3.25. The number of hydrogen-bond acceptors (Lipinski definition) is 3. The second-order valence-corrected chi connectivity index (χ2v) is 5.35. The lowest BCUT2D eigenvalue weighted by molar-refractivity contribution is -0.147. The molecule has 0 unspecified atom stereocenters. The molecule has 82 valence electrons. The Kier molecular flexibility index (Phi) is 5.12. The van der Waals surface area contributed by atoms with Crippen molar-refractivity contribution in [1.29, 1.82) is 0 Å². The Morgan fingerprint density at radius 3 is 2.21 bits per heavy atom. The molecule has 14 heavy (non-hydrogen) atoms. The smallest absolute Gasteiger partial charge is 0.325 e. The molecule has 0 bridgehead atoms. The van der Waals surface area contributed by atoms with Crippen LogP contribution in [0.15, 0.2) is 0 Å². The first-order valence-electron chi connectivity index (χ1n) is 4.38. The van der Waals surface area contributed by atoms with E-state index in [2.05, 4.69) is 20.7 Å². The number of carbonyl (C=O) groups is 2. The Morgan fingerprint density at radius 1 is 1.43 bits per heavy atom. The van der Waals surface area contributed by atoms with Gasteiger partial charge in [0.2, 0.25) is 5.91 Å². The van der Waals surface area contributed by atoms with Gasteiger partial charge in [0, 0.05) is 6.54 Å². The highest BCUT2D eigenvalue weighted by atomic mass is 79.9. The Balaban J connectivity index is 4.42. The lowest BCUT2D eigenvalue weighted by Gasteiger charge is -2.26. The average molecular weight is 266 g/mol. The molecule has 0 rings (SSSR count). The van der Waals surface area contributed by atoms with Crippen molar-refractivity contribution in [3.8, 4) is 0 Å². The number of rotatable bonds is 4. The first kappa shape index (κ1) is 13.4. The molecular weight excluding hydrogens is 250 g/mol. The fourth-order valence-corrected chi connectivity index (χ4v) is 1.17. The van der Waals surface area contributed by atoms with Gasteiger partial charge in [0.15, 0.2) is 0 Å². The fraction of sp³-hybridized carbons (Fsp3) is 0.778. The van der Waals surface area contributed by atoms with Crippen LogP contribution in [0.3, 0.4) is 0 Å². The maximum absolute atomic E-state index is 11.7. The van der Waals surface area contributed by atoms with Crippen LogP contribution >= 0.6 is 15.9 Å². The van der Waals surface area contributed by atoms with Gasteiger partial charge in [-0.05, 0) is 20.8 Å². The van der Waals surface area contributed by atoms with Crippen molar-refractivity contribution < 1.29 is 14.3 Å². The summed E-state index contributed by atoms with van der Waals surface area (Å²) in [7, 11) is 1.31. The highest BCUT2D eigenvalue weighted by molar-refractivity contribution is 9.10. The van der Waals surface area contributed by atoms with Gasteiger partial charge < -0.3 is 9.64 Å². The molecule has 0 fully saturated rings. The number of amides is 1. The molecule has 4 nitrogen and oxygen atoms in total. The first-order valence-corrected chi connectivity index (χ1v) is 5.17. The van der Waals surface area contributed by atoms with Crippen LogP contribution in [0.4, 0.5) is 0 Å². The number of nitrogens with zero attached hydrogens (tertiary/aromatic N) is 1. The summed E-state index contributed by atoms with van der Waals surface area (Å²) in [6.07, 6.45) is 0. The summed E-state index contributed by atoms with van der Waals surface area (Å²) in [5, 5.41) is 0. The lowest BCUT2D eigenvalue weighted by atomic mass is 10.2. The summed E-state index contributed by atoms with van der Waals surface area (Å²) in [4.78, 5) is 24.1. The molecule has 0 aromatic rings. The molecule has 0 N–H and O–H groups in total. The summed E-state index contributed by atoms with van der Waals surface area (Å²) in [5.74, 6) is -0.526. The minimum atomic E-state index is -0.642. The van der Waals surface area contributed by atoms with Gasteiger partial charge in [0.1, 0.15) is 6.54 Å². The molecule has 0 aromatic carbocycles. The predicted octanol–water partition coefficient (Wildman–Crippen LogP) is 1.18. The number of esters is 1. The standard InChI is InChI=1S/C9H16BrNO3/c1-5-11(6-7(12)14-4)8(13)9(2,3)10/h5-6H2,1-4H3. The zero-order valence-corrected chi connectivity index (χ0v) is 10.6. The van der Waals surface area contributed by atoms with Crippen LogP contribution in [0, 0.1) is 0 Å². The van der Waals surface area contributed by atoms with Gasteiger partial charge >= 0.3 is 5.97 Å². The molecule has 5 heteroatoms. The van der Waals surface area contributed by atoms with Crippen LogP contribution in [0.2, 0.25) is 0 Å². The van der Waals surface area contributed by atoms with E-state index in [0.29, 0.717) is 6.54 Å². The third-order valence-electron chi connectivity index (χ3n) is 1.73. The van der Waals surface area contributed by atoms with Crippen LogP contribution < -0.4 is 0 Å². The van der Waals surface area contributed by atoms with Crippen LogP contribution in [0.25, 0.3) is 0 Å². The number of likely N-dealkylation sites (N-methyl/N-ethyl adjacent to an activating group) is 1. The fourth-order valence-electron chi connectivity index (χ4n) is 0.924. The molecule has 0 saturated heterocycles. The molecule has 0 saturated carbocycles. The van der Waals surface area contributed by atoms with E-state index in [1.54, 1.807) is 13.8 Å². The Labute approximate surface area is 92.7 Å². The number of methoxy groups -OCH3 is 1. The van der Waals surface area contributed by atoms with Crippen LogP contribution in [-0.2, 0) is 14.3 Å². The Morgan fingerprint density at radius 2 is 1.93 bits per heavy atom. The zero-order valence-electron chi connectivity index (χ0n) is 8.96. The van der Waals surface area contributed by atoms with Gasteiger partial charge in [-0.25, -0.2) is 0 Å². The van der Waals surface area contributed by atoms with Gasteiger partial charge in [0.25, 0.3) is 0 Å². The third-order valence-corrected chi connectivity index (χ3v) is 2.06. The lowest BCUT2D eigenvalue weighted by Crippen LogP contribution is -2.44. The maximum Gasteiger partial charge on any atom is 0.325 e. The molecule has 0 radical (unpaired) electrons. The Bertz CT molecular complexity index is 223. The van der Waals surface area contributed by atoms with Crippen molar-refractivity contribution >= 4 is 27.8 Å². The molecule has 0 spiro atoms. The average Bonchev–Trinajstić information content (AvgIpc) is 2.11. The molecule has 0 aromatic heterocycles. The topological polar surface area (TPSA) is 46.6 Å². The molecule has 0 atom stereocenters. The molecular formula is C9H16BrNO3. The van der Waals surface area contributed by atoms with Crippen LogP contribution in [-0.4, -0.2) is 41.3 Å². The maximum atomic E-state index is 11.7. The number of halogens is 1. The van der Waals surface area contributed by atoms with Crippen LogP contribution in [0.1, 0.15) is 20.8 Å².